The number of benzene rings is 1. The normalized spacial score (nSPS) is 17.9. The van der Waals surface area contributed by atoms with E-state index in [1.807, 2.05) is 0 Å². The van der Waals surface area contributed by atoms with Crippen molar-refractivity contribution in [3.05, 3.63) is 33.0 Å². The molecule has 1 nitrogen and oxygen atoms in total. The van der Waals surface area contributed by atoms with E-state index in [1.165, 1.54) is 0 Å². The zero-order chi connectivity index (χ0) is 11.0. The number of halogens is 3. The fraction of sp³-hybridized carbons (Fsp3) is 0.455. The SMILES string of the molecule is OC(CC1CC1)c1ccc(Br)c(Cl)c1F. The summed E-state index contributed by atoms with van der Waals surface area (Å²) in [5.74, 6) is 0.0426. The molecule has 0 saturated heterocycles. The maximum absolute atomic E-state index is 13.7. The summed E-state index contributed by atoms with van der Waals surface area (Å²) in [4.78, 5) is 0. The Balaban J connectivity index is 2.22. The highest BCUT2D eigenvalue weighted by atomic mass is 79.9. The Bertz CT molecular complexity index is 379. The highest BCUT2D eigenvalue weighted by Gasteiger charge is 2.27. The van der Waals surface area contributed by atoms with Gasteiger partial charge in [-0.1, -0.05) is 30.5 Å². The maximum atomic E-state index is 13.7. The summed E-state index contributed by atoms with van der Waals surface area (Å²) < 4.78 is 14.2. The molecule has 0 aromatic heterocycles. The maximum Gasteiger partial charge on any atom is 0.148 e. The summed E-state index contributed by atoms with van der Waals surface area (Å²) in [6.07, 6.45) is 2.18. The topological polar surface area (TPSA) is 20.2 Å². The van der Waals surface area contributed by atoms with E-state index in [9.17, 15) is 9.50 Å². The summed E-state index contributed by atoms with van der Waals surface area (Å²) in [6.45, 7) is 0. The van der Waals surface area contributed by atoms with E-state index in [1.54, 1.807) is 12.1 Å². The van der Waals surface area contributed by atoms with Gasteiger partial charge in [0.25, 0.3) is 0 Å². The molecule has 0 spiro atoms. The standard InChI is InChI=1S/C11H11BrClFO/c12-8-4-3-7(11(14)10(8)13)9(15)5-6-1-2-6/h3-4,6,9,15H,1-2,5H2. The van der Waals surface area contributed by atoms with Crippen LogP contribution >= 0.6 is 27.5 Å². The van der Waals surface area contributed by atoms with E-state index in [4.69, 9.17) is 11.6 Å². The Morgan fingerprint density at radius 2 is 2.20 bits per heavy atom. The molecule has 1 fully saturated rings. The summed E-state index contributed by atoms with van der Waals surface area (Å²) in [6, 6.07) is 3.25. The minimum absolute atomic E-state index is 0.0438. The Morgan fingerprint density at radius 1 is 1.53 bits per heavy atom. The molecule has 2 rings (SSSR count). The van der Waals surface area contributed by atoms with Crippen molar-refractivity contribution in [1.82, 2.24) is 0 Å². The first kappa shape index (κ1) is 11.4. The minimum atomic E-state index is -0.733. The van der Waals surface area contributed by atoms with Gasteiger partial charge in [-0.25, -0.2) is 4.39 Å². The number of aliphatic hydroxyl groups is 1. The van der Waals surface area contributed by atoms with Gasteiger partial charge in [0.1, 0.15) is 5.82 Å². The number of aliphatic hydroxyl groups excluding tert-OH is 1. The Kier molecular flexibility index (Phi) is 3.33. The van der Waals surface area contributed by atoms with Crippen LogP contribution in [0.4, 0.5) is 4.39 Å². The van der Waals surface area contributed by atoms with Crippen LogP contribution in [-0.2, 0) is 0 Å². The summed E-state index contributed by atoms with van der Waals surface area (Å²) in [5, 5.41) is 9.86. The fourth-order valence-electron chi connectivity index (χ4n) is 1.59. The van der Waals surface area contributed by atoms with E-state index in [0.29, 0.717) is 22.4 Å². The van der Waals surface area contributed by atoms with Crippen molar-refractivity contribution in [2.75, 3.05) is 0 Å². The lowest BCUT2D eigenvalue weighted by Crippen LogP contribution is -2.02. The van der Waals surface area contributed by atoms with Gasteiger partial charge in [0, 0.05) is 10.0 Å². The molecule has 0 radical (unpaired) electrons. The summed E-state index contributed by atoms with van der Waals surface area (Å²) in [5.41, 5.74) is 0.301. The van der Waals surface area contributed by atoms with Crippen LogP contribution in [0.15, 0.2) is 16.6 Å². The molecule has 1 aliphatic rings. The molecule has 1 aromatic carbocycles. The zero-order valence-electron chi connectivity index (χ0n) is 8.01. The van der Waals surface area contributed by atoms with Crippen LogP contribution in [0.1, 0.15) is 30.9 Å². The zero-order valence-corrected chi connectivity index (χ0v) is 10.4. The first-order valence-electron chi connectivity index (χ1n) is 4.91. The number of hydrogen-bond acceptors (Lipinski definition) is 1. The molecular weight excluding hydrogens is 282 g/mol. The molecule has 1 N–H and O–H groups in total. The van der Waals surface area contributed by atoms with Gasteiger partial charge in [-0.2, -0.15) is 0 Å². The second-order valence-corrected chi connectivity index (χ2v) is 5.19. The third-order valence-electron chi connectivity index (χ3n) is 2.68. The third-order valence-corrected chi connectivity index (χ3v) is 3.94. The largest absolute Gasteiger partial charge is 0.388 e. The van der Waals surface area contributed by atoms with Crippen LogP contribution in [0.25, 0.3) is 0 Å². The van der Waals surface area contributed by atoms with Gasteiger partial charge in [-0.15, -0.1) is 0 Å². The van der Waals surface area contributed by atoms with Crippen molar-refractivity contribution < 1.29 is 9.50 Å². The molecule has 15 heavy (non-hydrogen) atoms. The van der Waals surface area contributed by atoms with Gasteiger partial charge in [0.15, 0.2) is 0 Å². The molecule has 1 unspecified atom stereocenters. The lowest BCUT2D eigenvalue weighted by atomic mass is 10.0. The summed E-state index contributed by atoms with van der Waals surface area (Å²) >= 11 is 8.88. The predicted octanol–water partition coefficient (Wildman–Crippen LogP) is 4.08. The molecule has 0 heterocycles. The van der Waals surface area contributed by atoms with Crippen LogP contribution < -0.4 is 0 Å². The first-order valence-corrected chi connectivity index (χ1v) is 6.08. The monoisotopic (exact) mass is 292 g/mol. The molecule has 0 aliphatic heterocycles. The van der Waals surface area contributed by atoms with Crippen molar-refractivity contribution in [3.63, 3.8) is 0 Å². The fourth-order valence-corrected chi connectivity index (χ4v) is 2.07. The molecule has 4 heteroatoms. The lowest BCUT2D eigenvalue weighted by molar-refractivity contribution is 0.156. The van der Waals surface area contributed by atoms with Gasteiger partial charge < -0.3 is 5.11 Å². The highest BCUT2D eigenvalue weighted by Crippen LogP contribution is 2.39. The smallest absolute Gasteiger partial charge is 0.148 e. The van der Waals surface area contributed by atoms with Crippen molar-refractivity contribution in [1.29, 1.82) is 0 Å². The van der Waals surface area contributed by atoms with Crippen molar-refractivity contribution in [2.24, 2.45) is 5.92 Å². The molecule has 0 amide bonds. The third kappa shape index (κ3) is 2.52. The van der Waals surface area contributed by atoms with Crippen LogP contribution in [0, 0.1) is 11.7 Å². The average molecular weight is 294 g/mol. The Morgan fingerprint density at radius 3 is 2.80 bits per heavy atom. The van der Waals surface area contributed by atoms with Gasteiger partial charge in [-0.05, 0) is 34.3 Å². The number of hydrogen-bond donors (Lipinski definition) is 1. The second-order valence-electron chi connectivity index (χ2n) is 3.96. The van der Waals surface area contributed by atoms with Crippen molar-refractivity contribution in [3.8, 4) is 0 Å². The quantitative estimate of drug-likeness (QED) is 0.833. The van der Waals surface area contributed by atoms with E-state index in [2.05, 4.69) is 15.9 Å². The molecule has 1 aliphatic carbocycles. The van der Waals surface area contributed by atoms with Crippen LogP contribution in [0.2, 0.25) is 5.02 Å². The average Bonchev–Trinajstić information content (AvgIpc) is 2.98. The van der Waals surface area contributed by atoms with Crippen LogP contribution in [0.3, 0.4) is 0 Å². The number of rotatable bonds is 3. The minimum Gasteiger partial charge on any atom is -0.388 e. The Labute approximate surface area is 101 Å². The molecular formula is C11H11BrClFO. The molecule has 1 atom stereocenters. The van der Waals surface area contributed by atoms with Gasteiger partial charge >= 0.3 is 0 Å². The lowest BCUT2D eigenvalue weighted by Gasteiger charge is -2.12. The Hall–Kier alpha value is -0.120. The van der Waals surface area contributed by atoms with Crippen molar-refractivity contribution >= 4 is 27.5 Å². The van der Waals surface area contributed by atoms with Gasteiger partial charge in [0.05, 0.1) is 11.1 Å². The first-order chi connectivity index (χ1) is 7.09. The van der Waals surface area contributed by atoms with E-state index in [0.717, 1.165) is 12.8 Å². The molecule has 82 valence electrons. The van der Waals surface area contributed by atoms with Gasteiger partial charge in [-0.3, -0.25) is 0 Å². The van der Waals surface area contributed by atoms with Gasteiger partial charge in [0.2, 0.25) is 0 Å². The van der Waals surface area contributed by atoms with Crippen LogP contribution in [0.5, 0.6) is 0 Å². The van der Waals surface area contributed by atoms with Crippen LogP contribution in [-0.4, -0.2) is 5.11 Å². The molecule has 1 aromatic rings. The summed E-state index contributed by atoms with van der Waals surface area (Å²) in [7, 11) is 0. The predicted molar refractivity (Wildman–Crippen MR) is 61.4 cm³/mol. The van der Waals surface area contributed by atoms with E-state index >= 15 is 0 Å². The van der Waals surface area contributed by atoms with E-state index < -0.39 is 11.9 Å². The molecule has 0 bridgehead atoms. The van der Waals surface area contributed by atoms with Crippen molar-refractivity contribution in [2.45, 2.75) is 25.4 Å². The molecule has 1 saturated carbocycles. The highest BCUT2D eigenvalue weighted by molar-refractivity contribution is 9.10. The second kappa shape index (κ2) is 4.40. The van der Waals surface area contributed by atoms with E-state index in [-0.39, 0.29) is 5.02 Å².